The molecule has 0 aliphatic heterocycles. The molecule has 0 atom stereocenters. The molecule has 1 aromatic rings. The van der Waals surface area contributed by atoms with Crippen molar-refractivity contribution in [2.45, 2.75) is 12.8 Å². The average Bonchev–Trinajstić information content (AvgIpc) is 2.39. The largest absolute Gasteiger partial charge is 0.494 e. The molecule has 6 heteroatoms. The SMILES string of the molecule is [N-]=[N+]=NCCCOCCCOc1ccc(N)cc1. The number of rotatable bonds is 9. The Morgan fingerprint density at radius 2 is 1.83 bits per heavy atom. The summed E-state index contributed by atoms with van der Waals surface area (Å²) in [6.45, 7) is 2.35. The van der Waals surface area contributed by atoms with Crippen LogP contribution in [0.4, 0.5) is 5.69 Å². The third-order valence-electron chi connectivity index (χ3n) is 2.19. The van der Waals surface area contributed by atoms with Gasteiger partial charge in [-0.3, -0.25) is 0 Å². The highest BCUT2D eigenvalue weighted by Crippen LogP contribution is 2.12. The Morgan fingerprint density at radius 1 is 1.11 bits per heavy atom. The lowest BCUT2D eigenvalue weighted by molar-refractivity contribution is 0.118. The summed E-state index contributed by atoms with van der Waals surface area (Å²) in [7, 11) is 0. The quantitative estimate of drug-likeness (QED) is 0.240. The zero-order valence-corrected chi connectivity index (χ0v) is 10.3. The number of nitrogen functional groups attached to an aromatic ring is 1. The van der Waals surface area contributed by atoms with Crippen LogP contribution in [0.1, 0.15) is 12.8 Å². The fourth-order valence-corrected chi connectivity index (χ4v) is 1.30. The van der Waals surface area contributed by atoms with E-state index in [9.17, 15) is 0 Å². The number of azide groups is 1. The summed E-state index contributed by atoms with van der Waals surface area (Å²) in [4.78, 5) is 2.66. The number of benzene rings is 1. The van der Waals surface area contributed by atoms with E-state index in [4.69, 9.17) is 20.7 Å². The van der Waals surface area contributed by atoms with Crippen molar-refractivity contribution >= 4 is 5.69 Å². The molecule has 2 N–H and O–H groups in total. The van der Waals surface area contributed by atoms with Crippen LogP contribution in [0.5, 0.6) is 5.75 Å². The van der Waals surface area contributed by atoms with Gasteiger partial charge in [0.1, 0.15) is 5.75 Å². The predicted octanol–water partition coefficient (Wildman–Crippen LogP) is 2.75. The van der Waals surface area contributed by atoms with E-state index in [1.54, 1.807) is 0 Å². The lowest BCUT2D eigenvalue weighted by Gasteiger charge is -2.06. The lowest BCUT2D eigenvalue weighted by Crippen LogP contribution is -2.04. The molecule has 0 amide bonds. The van der Waals surface area contributed by atoms with Gasteiger partial charge in [-0.15, -0.1) is 0 Å². The predicted molar refractivity (Wildman–Crippen MR) is 70.4 cm³/mol. The second-order valence-electron chi connectivity index (χ2n) is 3.69. The van der Waals surface area contributed by atoms with Gasteiger partial charge in [-0.25, -0.2) is 0 Å². The van der Waals surface area contributed by atoms with Crippen LogP contribution in [0, 0.1) is 0 Å². The number of hydrogen-bond acceptors (Lipinski definition) is 4. The molecule has 1 aromatic carbocycles. The summed E-state index contributed by atoms with van der Waals surface area (Å²) in [5, 5.41) is 3.42. The minimum Gasteiger partial charge on any atom is -0.494 e. The molecule has 1 rings (SSSR count). The Bertz CT molecular complexity index is 374. The fraction of sp³-hybridized carbons (Fsp3) is 0.500. The third-order valence-corrected chi connectivity index (χ3v) is 2.19. The van der Waals surface area contributed by atoms with Crippen molar-refractivity contribution in [3.05, 3.63) is 34.7 Å². The number of nitrogens with two attached hydrogens (primary N) is 1. The van der Waals surface area contributed by atoms with E-state index in [0.717, 1.165) is 24.3 Å². The first-order valence-corrected chi connectivity index (χ1v) is 5.90. The van der Waals surface area contributed by atoms with Crippen LogP contribution < -0.4 is 10.5 Å². The van der Waals surface area contributed by atoms with Crippen LogP contribution in [-0.4, -0.2) is 26.4 Å². The van der Waals surface area contributed by atoms with Gasteiger partial charge in [-0.05, 0) is 36.2 Å². The zero-order valence-electron chi connectivity index (χ0n) is 10.3. The smallest absolute Gasteiger partial charge is 0.119 e. The lowest BCUT2D eigenvalue weighted by atomic mass is 10.3. The Kier molecular flexibility index (Phi) is 7.20. The number of nitrogens with zero attached hydrogens (tertiary/aromatic N) is 3. The monoisotopic (exact) mass is 250 g/mol. The van der Waals surface area contributed by atoms with Crippen LogP contribution >= 0.6 is 0 Å². The highest BCUT2D eigenvalue weighted by molar-refractivity contribution is 5.41. The molecule has 0 spiro atoms. The number of hydrogen-bond donors (Lipinski definition) is 1. The molecular weight excluding hydrogens is 232 g/mol. The standard InChI is InChI=1S/C12H18N4O2/c13-11-3-5-12(6-4-11)18-10-2-9-17-8-1-7-15-16-14/h3-6H,1-2,7-10,13H2. The molecule has 0 unspecified atom stereocenters. The summed E-state index contributed by atoms with van der Waals surface area (Å²) in [5.74, 6) is 0.813. The summed E-state index contributed by atoms with van der Waals surface area (Å²) < 4.78 is 10.9. The fourth-order valence-electron chi connectivity index (χ4n) is 1.30. The van der Waals surface area contributed by atoms with Crippen LogP contribution in [0.15, 0.2) is 29.4 Å². The minimum atomic E-state index is 0.485. The van der Waals surface area contributed by atoms with Crippen molar-refractivity contribution in [2.24, 2.45) is 5.11 Å². The molecule has 0 saturated carbocycles. The van der Waals surface area contributed by atoms with Gasteiger partial charge < -0.3 is 15.2 Å². The molecule has 0 aliphatic rings. The molecular formula is C12H18N4O2. The first-order valence-electron chi connectivity index (χ1n) is 5.90. The molecule has 0 fully saturated rings. The maximum atomic E-state index is 8.06. The van der Waals surface area contributed by atoms with E-state index in [0.29, 0.717) is 26.4 Å². The molecule has 0 aromatic heterocycles. The van der Waals surface area contributed by atoms with Gasteiger partial charge in [0.25, 0.3) is 0 Å². The van der Waals surface area contributed by atoms with Gasteiger partial charge in [0, 0.05) is 36.8 Å². The maximum absolute atomic E-state index is 8.06. The van der Waals surface area contributed by atoms with Gasteiger partial charge in [0.15, 0.2) is 0 Å². The Morgan fingerprint density at radius 3 is 2.56 bits per heavy atom. The highest BCUT2D eigenvalue weighted by atomic mass is 16.5. The van der Waals surface area contributed by atoms with Gasteiger partial charge in [0.05, 0.1) is 6.61 Å². The normalized spacial score (nSPS) is 9.78. The molecule has 0 bridgehead atoms. The zero-order chi connectivity index (χ0) is 13.1. The first-order chi connectivity index (χ1) is 8.83. The van der Waals surface area contributed by atoms with E-state index < -0.39 is 0 Å². The Balaban J connectivity index is 1.95. The van der Waals surface area contributed by atoms with E-state index in [2.05, 4.69) is 10.0 Å². The van der Waals surface area contributed by atoms with Crippen molar-refractivity contribution in [1.29, 1.82) is 0 Å². The van der Waals surface area contributed by atoms with Crippen LogP contribution in [-0.2, 0) is 4.74 Å². The van der Waals surface area contributed by atoms with Gasteiger partial charge in [0.2, 0.25) is 0 Å². The molecule has 0 saturated heterocycles. The average molecular weight is 250 g/mol. The molecule has 18 heavy (non-hydrogen) atoms. The molecule has 98 valence electrons. The van der Waals surface area contributed by atoms with Crippen LogP contribution in [0.25, 0.3) is 10.4 Å². The maximum Gasteiger partial charge on any atom is 0.119 e. The van der Waals surface area contributed by atoms with Crippen molar-refractivity contribution in [2.75, 3.05) is 32.1 Å². The van der Waals surface area contributed by atoms with Gasteiger partial charge >= 0.3 is 0 Å². The Hall–Kier alpha value is -1.91. The summed E-state index contributed by atoms with van der Waals surface area (Å²) in [6, 6.07) is 7.30. The molecule has 0 radical (unpaired) electrons. The Labute approximate surface area is 106 Å². The number of anilines is 1. The third kappa shape index (κ3) is 6.62. The van der Waals surface area contributed by atoms with E-state index >= 15 is 0 Å². The summed E-state index contributed by atoms with van der Waals surface area (Å²) >= 11 is 0. The molecule has 6 nitrogen and oxygen atoms in total. The van der Waals surface area contributed by atoms with E-state index in [-0.39, 0.29) is 0 Å². The number of ether oxygens (including phenoxy) is 2. The highest BCUT2D eigenvalue weighted by Gasteiger charge is 1.94. The topological polar surface area (TPSA) is 93.2 Å². The van der Waals surface area contributed by atoms with Crippen molar-refractivity contribution < 1.29 is 9.47 Å². The second-order valence-corrected chi connectivity index (χ2v) is 3.69. The minimum absolute atomic E-state index is 0.485. The molecule has 0 aliphatic carbocycles. The van der Waals surface area contributed by atoms with Crippen molar-refractivity contribution in [3.63, 3.8) is 0 Å². The van der Waals surface area contributed by atoms with Crippen LogP contribution in [0.2, 0.25) is 0 Å². The summed E-state index contributed by atoms with van der Waals surface area (Å²) in [5.41, 5.74) is 14.4. The summed E-state index contributed by atoms with van der Waals surface area (Å²) in [6.07, 6.45) is 1.58. The van der Waals surface area contributed by atoms with Crippen molar-refractivity contribution in [1.82, 2.24) is 0 Å². The van der Waals surface area contributed by atoms with Gasteiger partial charge in [-0.2, -0.15) is 0 Å². The van der Waals surface area contributed by atoms with E-state index in [1.807, 2.05) is 24.3 Å². The first kappa shape index (κ1) is 14.2. The van der Waals surface area contributed by atoms with Crippen molar-refractivity contribution in [3.8, 4) is 5.75 Å². The van der Waals surface area contributed by atoms with Gasteiger partial charge in [-0.1, -0.05) is 5.11 Å². The molecule has 0 heterocycles. The second kappa shape index (κ2) is 9.15. The van der Waals surface area contributed by atoms with Crippen LogP contribution in [0.3, 0.4) is 0 Å². The van der Waals surface area contributed by atoms with E-state index in [1.165, 1.54) is 0 Å².